The Balaban J connectivity index is 1.96. The Morgan fingerprint density at radius 2 is 2.00 bits per heavy atom. The Hall–Kier alpha value is -1.19. The maximum atomic E-state index is 12.2. The summed E-state index contributed by atoms with van der Waals surface area (Å²) in [5, 5.41) is 0.763. The molecule has 2 nitrogen and oxygen atoms in total. The third-order valence-corrected chi connectivity index (χ3v) is 4.87. The Morgan fingerprint density at radius 3 is 2.60 bits per heavy atom. The Labute approximate surface area is 129 Å². The van der Waals surface area contributed by atoms with Crippen molar-refractivity contribution in [2.45, 2.75) is 19.6 Å². The summed E-state index contributed by atoms with van der Waals surface area (Å²) in [5.41, 5.74) is 4.05. The van der Waals surface area contributed by atoms with Crippen molar-refractivity contribution < 1.29 is 4.79 Å². The smallest absolute Gasteiger partial charge is 0.174 e. The summed E-state index contributed by atoms with van der Waals surface area (Å²) in [4.78, 5) is 12.2. The molecule has 106 valence electrons. The van der Waals surface area contributed by atoms with E-state index in [1.54, 1.807) is 11.8 Å². The average Bonchev–Trinajstić information content (AvgIpc) is 2.68. The number of rotatable bonds is 5. The Kier molecular flexibility index (Phi) is 4.95. The molecule has 0 spiro atoms. The maximum Gasteiger partial charge on any atom is 0.174 e. The first kappa shape index (κ1) is 15.2. The zero-order valence-corrected chi connectivity index (χ0v) is 13.5. The van der Waals surface area contributed by atoms with Crippen LogP contribution in [0.3, 0.4) is 0 Å². The van der Waals surface area contributed by atoms with Gasteiger partial charge < -0.3 is 4.57 Å². The van der Waals surface area contributed by atoms with E-state index in [2.05, 4.69) is 0 Å². The van der Waals surface area contributed by atoms with Crippen LogP contribution in [0.4, 0.5) is 0 Å². The molecule has 0 fully saturated rings. The van der Waals surface area contributed by atoms with Gasteiger partial charge in [-0.3, -0.25) is 4.79 Å². The minimum Gasteiger partial charge on any atom is -0.351 e. The van der Waals surface area contributed by atoms with Crippen LogP contribution in [0.15, 0.2) is 30.3 Å². The zero-order valence-electron chi connectivity index (χ0n) is 11.9. The third-order valence-electron chi connectivity index (χ3n) is 3.52. The highest BCUT2D eigenvalue weighted by Crippen LogP contribution is 2.22. The number of nitrogens with zero attached hydrogens (tertiary/aromatic N) is 1. The molecule has 1 aromatic carbocycles. The van der Waals surface area contributed by atoms with Crippen molar-refractivity contribution in [2.24, 2.45) is 7.05 Å². The number of aryl methyl sites for hydroxylation is 1. The number of carbonyl (C=O) groups is 1. The summed E-state index contributed by atoms with van der Waals surface area (Å²) >= 11 is 7.71. The summed E-state index contributed by atoms with van der Waals surface area (Å²) in [5.74, 6) is 1.43. The second-order valence-electron chi connectivity index (χ2n) is 4.85. The molecule has 0 saturated heterocycles. The minimum atomic E-state index is 0.184. The number of benzene rings is 1. The number of hydrogen-bond donors (Lipinski definition) is 0. The average molecular weight is 308 g/mol. The van der Waals surface area contributed by atoms with Gasteiger partial charge in [-0.1, -0.05) is 29.8 Å². The van der Waals surface area contributed by atoms with E-state index >= 15 is 0 Å². The number of thioether (sulfide) groups is 1. The topological polar surface area (TPSA) is 22.0 Å². The van der Waals surface area contributed by atoms with E-state index in [-0.39, 0.29) is 5.78 Å². The van der Waals surface area contributed by atoms with Crippen molar-refractivity contribution in [3.8, 4) is 0 Å². The molecule has 1 aromatic heterocycles. The maximum absolute atomic E-state index is 12.2. The summed E-state index contributed by atoms with van der Waals surface area (Å²) in [6, 6.07) is 9.72. The fourth-order valence-corrected chi connectivity index (χ4v) is 3.28. The van der Waals surface area contributed by atoms with Gasteiger partial charge in [0.05, 0.1) is 5.75 Å². The molecule has 0 bridgehead atoms. The van der Waals surface area contributed by atoms with Crippen LogP contribution in [-0.2, 0) is 12.8 Å². The van der Waals surface area contributed by atoms with Crippen LogP contribution in [-0.4, -0.2) is 16.1 Å². The number of aromatic nitrogens is 1. The van der Waals surface area contributed by atoms with Gasteiger partial charge in [0, 0.05) is 34.8 Å². The van der Waals surface area contributed by atoms with Crippen molar-refractivity contribution in [1.29, 1.82) is 0 Å². The predicted octanol–water partition coefficient (Wildman–Crippen LogP) is 4.41. The molecule has 2 rings (SSSR count). The van der Waals surface area contributed by atoms with Crippen LogP contribution < -0.4 is 0 Å². The summed E-state index contributed by atoms with van der Waals surface area (Å²) in [7, 11) is 1.98. The number of ketones is 1. The first-order valence-electron chi connectivity index (χ1n) is 6.48. The second-order valence-corrected chi connectivity index (χ2v) is 6.24. The van der Waals surface area contributed by atoms with Crippen LogP contribution in [0.25, 0.3) is 0 Å². The van der Waals surface area contributed by atoms with E-state index in [0.29, 0.717) is 5.75 Å². The molecule has 2 aromatic rings. The molecule has 0 N–H and O–H groups in total. The van der Waals surface area contributed by atoms with E-state index in [4.69, 9.17) is 11.6 Å². The van der Waals surface area contributed by atoms with Gasteiger partial charge in [0.25, 0.3) is 0 Å². The van der Waals surface area contributed by atoms with Crippen LogP contribution in [0.2, 0.25) is 5.02 Å². The lowest BCUT2D eigenvalue weighted by atomic mass is 10.2. The second kappa shape index (κ2) is 6.51. The molecule has 0 saturated carbocycles. The van der Waals surface area contributed by atoms with E-state index in [1.165, 1.54) is 0 Å². The lowest BCUT2D eigenvalue weighted by molar-refractivity contribution is 0.102. The highest BCUT2D eigenvalue weighted by molar-refractivity contribution is 7.99. The highest BCUT2D eigenvalue weighted by atomic mass is 35.5. The van der Waals surface area contributed by atoms with Gasteiger partial charge in [-0.15, -0.1) is 11.8 Å². The quantitative estimate of drug-likeness (QED) is 0.763. The molecule has 0 aliphatic carbocycles. The first-order valence-corrected chi connectivity index (χ1v) is 8.01. The van der Waals surface area contributed by atoms with Crippen molar-refractivity contribution in [1.82, 2.24) is 4.57 Å². The molecule has 0 atom stereocenters. The predicted molar refractivity (Wildman–Crippen MR) is 86.8 cm³/mol. The largest absolute Gasteiger partial charge is 0.351 e. The Morgan fingerprint density at radius 1 is 1.30 bits per heavy atom. The summed E-state index contributed by atoms with van der Waals surface area (Å²) in [6.07, 6.45) is 0. The van der Waals surface area contributed by atoms with Crippen LogP contribution in [0.5, 0.6) is 0 Å². The summed E-state index contributed by atoms with van der Waals surface area (Å²) < 4.78 is 2.05. The van der Waals surface area contributed by atoms with Crippen molar-refractivity contribution in [3.05, 3.63) is 57.9 Å². The molecular formula is C16H18ClNOS. The summed E-state index contributed by atoms with van der Waals surface area (Å²) in [6.45, 7) is 4.00. The van der Waals surface area contributed by atoms with Gasteiger partial charge in [-0.05, 0) is 31.5 Å². The van der Waals surface area contributed by atoms with E-state index in [0.717, 1.165) is 33.3 Å². The number of halogens is 1. The van der Waals surface area contributed by atoms with Crippen molar-refractivity contribution in [3.63, 3.8) is 0 Å². The first-order chi connectivity index (χ1) is 9.50. The molecule has 0 amide bonds. The van der Waals surface area contributed by atoms with Gasteiger partial charge in [-0.2, -0.15) is 0 Å². The number of hydrogen-bond acceptors (Lipinski definition) is 2. The number of carbonyl (C=O) groups excluding carboxylic acids is 1. The minimum absolute atomic E-state index is 0.184. The normalized spacial score (nSPS) is 10.8. The van der Waals surface area contributed by atoms with Gasteiger partial charge in [0.1, 0.15) is 0 Å². The van der Waals surface area contributed by atoms with E-state index in [9.17, 15) is 4.79 Å². The zero-order chi connectivity index (χ0) is 14.7. The van der Waals surface area contributed by atoms with Gasteiger partial charge >= 0.3 is 0 Å². The van der Waals surface area contributed by atoms with Crippen molar-refractivity contribution in [2.75, 3.05) is 5.75 Å². The third kappa shape index (κ3) is 3.28. The van der Waals surface area contributed by atoms with Crippen LogP contribution in [0, 0.1) is 13.8 Å². The molecular weight excluding hydrogens is 290 g/mol. The Bertz CT molecular complexity index is 633. The SMILES string of the molecule is Cc1cc(C(=O)CSCc2ccccc2Cl)c(C)n1C. The van der Waals surface area contributed by atoms with Crippen LogP contribution in [0.1, 0.15) is 27.3 Å². The van der Waals surface area contributed by atoms with Crippen molar-refractivity contribution >= 4 is 29.1 Å². The molecule has 0 unspecified atom stereocenters. The molecule has 1 heterocycles. The lowest BCUT2D eigenvalue weighted by Gasteiger charge is -2.04. The van der Waals surface area contributed by atoms with Gasteiger partial charge in [-0.25, -0.2) is 0 Å². The van der Waals surface area contributed by atoms with Gasteiger partial charge in [0.2, 0.25) is 0 Å². The van der Waals surface area contributed by atoms with Crippen LogP contribution >= 0.6 is 23.4 Å². The molecule has 4 heteroatoms. The molecule has 0 radical (unpaired) electrons. The molecule has 20 heavy (non-hydrogen) atoms. The van der Waals surface area contributed by atoms with E-state index in [1.807, 2.05) is 55.8 Å². The fourth-order valence-electron chi connectivity index (χ4n) is 2.08. The highest BCUT2D eigenvalue weighted by Gasteiger charge is 2.14. The fraction of sp³-hybridized carbons (Fsp3) is 0.312. The number of Topliss-reactive ketones (excluding diaryl/α,β-unsaturated/α-hetero) is 1. The monoisotopic (exact) mass is 307 g/mol. The molecule has 0 aliphatic rings. The standard InChI is InChI=1S/C16H18ClNOS/c1-11-8-14(12(2)18(11)3)16(19)10-20-9-13-6-4-5-7-15(13)17/h4-8H,9-10H2,1-3H3. The lowest BCUT2D eigenvalue weighted by Crippen LogP contribution is -2.04. The van der Waals surface area contributed by atoms with Gasteiger partial charge in [0.15, 0.2) is 5.78 Å². The molecule has 0 aliphatic heterocycles. The van der Waals surface area contributed by atoms with E-state index < -0.39 is 0 Å².